The second-order valence-electron chi connectivity index (χ2n) is 9.25. The van der Waals surface area contributed by atoms with Crippen molar-refractivity contribution in [1.82, 2.24) is 19.8 Å². The van der Waals surface area contributed by atoms with Crippen molar-refractivity contribution in [3.05, 3.63) is 29.8 Å². The molecule has 200 valence electrons. The van der Waals surface area contributed by atoms with Gasteiger partial charge in [-0.1, -0.05) is 31.4 Å². The summed E-state index contributed by atoms with van der Waals surface area (Å²) in [7, 11) is -0.806. The van der Waals surface area contributed by atoms with E-state index < -0.39 is 40.0 Å². The van der Waals surface area contributed by atoms with Gasteiger partial charge in [-0.3, -0.25) is 4.79 Å². The van der Waals surface area contributed by atoms with Crippen LogP contribution in [0.5, 0.6) is 5.75 Å². The molecule has 1 aromatic rings. The zero-order valence-corrected chi connectivity index (χ0v) is 21.9. The van der Waals surface area contributed by atoms with Crippen LogP contribution in [0.25, 0.3) is 0 Å². The van der Waals surface area contributed by atoms with E-state index in [0.29, 0.717) is 5.75 Å². The van der Waals surface area contributed by atoms with Gasteiger partial charge in [-0.25, -0.2) is 18.0 Å². The lowest BCUT2D eigenvalue weighted by Crippen LogP contribution is -2.64. The number of ether oxygens (including phenoxy) is 2. The molecule has 1 heterocycles. The van der Waals surface area contributed by atoms with Crippen LogP contribution in [0.4, 0.5) is 4.79 Å². The van der Waals surface area contributed by atoms with Crippen LogP contribution >= 0.6 is 0 Å². The van der Waals surface area contributed by atoms with Crippen LogP contribution in [-0.2, 0) is 30.8 Å². The van der Waals surface area contributed by atoms with Gasteiger partial charge in [0.2, 0.25) is 15.9 Å². The molecule has 3 rings (SSSR count). The van der Waals surface area contributed by atoms with Crippen LogP contribution in [0.1, 0.15) is 37.7 Å². The quantitative estimate of drug-likeness (QED) is 0.482. The number of methoxy groups -OCH3 is 2. The summed E-state index contributed by atoms with van der Waals surface area (Å²) in [6.45, 7) is -0.0444. The Morgan fingerprint density at radius 2 is 1.72 bits per heavy atom. The summed E-state index contributed by atoms with van der Waals surface area (Å²) in [5.74, 6) is -0.612. The second kappa shape index (κ2) is 12.4. The number of amides is 3. The molecule has 0 radical (unpaired) electrons. The Kier molecular flexibility index (Phi) is 9.55. The number of benzene rings is 1. The number of esters is 1. The van der Waals surface area contributed by atoms with Crippen molar-refractivity contribution in [2.24, 2.45) is 0 Å². The molecule has 1 saturated heterocycles. The van der Waals surface area contributed by atoms with Gasteiger partial charge in [0, 0.05) is 32.1 Å². The summed E-state index contributed by atoms with van der Waals surface area (Å²) in [5.41, 5.74) is 0.764. The summed E-state index contributed by atoms with van der Waals surface area (Å²) < 4.78 is 35.6. The zero-order chi connectivity index (χ0) is 26.3. The fourth-order valence-corrected chi connectivity index (χ4v) is 5.46. The van der Waals surface area contributed by atoms with Crippen LogP contribution in [-0.4, -0.2) is 93.8 Å². The number of rotatable bonds is 8. The molecule has 36 heavy (non-hydrogen) atoms. The molecule has 2 unspecified atom stereocenters. The number of sulfonamides is 1. The molecule has 1 aromatic carbocycles. The van der Waals surface area contributed by atoms with Gasteiger partial charge in [0.05, 0.1) is 20.5 Å². The van der Waals surface area contributed by atoms with Gasteiger partial charge in [0.1, 0.15) is 17.8 Å². The fourth-order valence-electron chi connectivity index (χ4n) is 4.63. The highest BCUT2D eigenvalue weighted by Gasteiger charge is 2.40. The van der Waals surface area contributed by atoms with Crippen molar-refractivity contribution in [3.63, 3.8) is 0 Å². The standard InChI is InChI=1S/C24H36N4O7S/c1-34-19-11-9-17(10-12-19)15-20(23(30)35-2)26-22(29)21-16-27(36(3,32)33)13-14-28(21)24(31)25-18-7-5-4-6-8-18/h9-12,18,20-21H,4-8,13-16H2,1-3H3,(H,25,31)(H,26,29). The first-order valence-corrected chi connectivity index (χ1v) is 14.0. The van der Waals surface area contributed by atoms with Crippen molar-refractivity contribution in [2.45, 2.75) is 56.7 Å². The Morgan fingerprint density at radius 1 is 1.06 bits per heavy atom. The molecule has 0 aromatic heterocycles. The molecule has 2 aliphatic rings. The van der Waals surface area contributed by atoms with Gasteiger partial charge in [-0.15, -0.1) is 0 Å². The first-order chi connectivity index (χ1) is 17.1. The maximum absolute atomic E-state index is 13.4. The first kappa shape index (κ1) is 27.7. The molecule has 1 aliphatic carbocycles. The van der Waals surface area contributed by atoms with Gasteiger partial charge in [0.15, 0.2) is 0 Å². The summed E-state index contributed by atoms with van der Waals surface area (Å²) >= 11 is 0. The van der Waals surface area contributed by atoms with E-state index in [1.807, 2.05) is 0 Å². The van der Waals surface area contributed by atoms with Gasteiger partial charge in [-0.05, 0) is 30.5 Å². The molecule has 1 aliphatic heterocycles. The summed E-state index contributed by atoms with van der Waals surface area (Å²) in [4.78, 5) is 40.4. The number of hydrogen-bond acceptors (Lipinski definition) is 7. The lowest BCUT2D eigenvalue weighted by atomic mass is 9.96. The first-order valence-electron chi connectivity index (χ1n) is 12.2. The van der Waals surface area contributed by atoms with Gasteiger partial charge >= 0.3 is 12.0 Å². The minimum absolute atomic E-state index is 0.0285. The van der Waals surface area contributed by atoms with Gasteiger partial charge < -0.3 is 25.0 Å². The van der Waals surface area contributed by atoms with Crippen molar-refractivity contribution in [3.8, 4) is 5.75 Å². The van der Waals surface area contributed by atoms with E-state index in [2.05, 4.69) is 10.6 Å². The third-order valence-corrected chi connectivity index (χ3v) is 7.98. The molecular weight excluding hydrogens is 488 g/mol. The number of carbonyl (C=O) groups is 3. The molecular formula is C24H36N4O7S. The van der Waals surface area contributed by atoms with E-state index in [1.54, 1.807) is 31.4 Å². The van der Waals surface area contributed by atoms with Crippen molar-refractivity contribution in [1.29, 1.82) is 0 Å². The summed E-state index contributed by atoms with van der Waals surface area (Å²) in [6, 6.07) is 4.55. The predicted molar refractivity (Wildman–Crippen MR) is 133 cm³/mol. The minimum atomic E-state index is -3.58. The van der Waals surface area contributed by atoms with Gasteiger partial charge in [0.25, 0.3) is 0 Å². The summed E-state index contributed by atoms with van der Waals surface area (Å²) in [5, 5.41) is 5.69. The van der Waals surface area contributed by atoms with Crippen molar-refractivity contribution < 1.29 is 32.3 Å². The topological polar surface area (TPSA) is 134 Å². The molecule has 2 fully saturated rings. The maximum Gasteiger partial charge on any atom is 0.328 e. The molecule has 12 heteroatoms. The predicted octanol–water partition coefficient (Wildman–Crippen LogP) is 0.884. The number of urea groups is 1. The normalized spacial score (nSPS) is 20.3. The largest absolute Gasteiger partial charge is 0.497 e. The molecule has 0 spiro atoms. The van der Waals surface area contributed by atoms with E-state index in [1.165, 1.54) is 16.3 Å². The van der Waals surface area contributed by atoms with Crippen LogP contribution in [0.3, 0.4) is 0 Å². The zero-order valence-electron chi connectivity index (χ0n) is 21.1. The highest BCUT2D eigenvalue weighted by Crippen LogP contribution is 2.20. The van der Waals surface area contributed by atoms with E-state index in [9.17, 15) is 22.8 Å². The summed E-state index contributed by atoms with van der Waals surface area (Å²) in [6.07, 6.45) is 6.16. The van der Waals surface area contributed by atoms with E-state index >= 15 is 0 Å². The molecule has 2 N–H and O–H groups in total. The lowest BCUT2D eigenvalue weighted by Gasteiger charge is -2.40. The average molecular weight is 525 g/mol. The third kappa shape index (κ3) is 7.33. The molecule has 0 bridgehead atoms. The molecule has 1 saturated carbocycles. The lowest BCUT2D eigenvalue weighted by molar-refractivity contribution is -0.145. The minimum Gasteiger partial charge on any atom is -0.497 e. The Morgan fingerprint density at radius 3 is 2.31 bits per heavy atom. The van der Waals surface area contributed by atoms with Crippen LogP contribution in [0, 0.1) is 0 Å². The van der Waals surface area contributed by atoms with Crippen LogP contribution < -0.4 is 15.4 Å². The van der Waals surface area contributed by atoms with E-state index in [4.69, 9.17) is 9.47 Å². The van der Waals surface area contributed by atoms with Crippen molar-refractivity contribution in [2.75, 3.05) is 40.1 Å². The number of nitrogens with zero attached hydrogens (tertiary/aromatic N) is 2. The SMILES string of the molecule is COC(=O)C(Cc1ccc(OC)cc1)NC(=O)C1CN(S(C)(=O)=O)CCN1C(=O)NC1CCCCC1. The molecule has 2 atom stereocenters. The highest BCUT2D eigenvalue weighted by molar-refractivity contribution is 7.88. The van der Waals surface area contributed by atoms with Gasteiger partial charge in [-0.2, -0.15) is 4.31 Å². The molecule has 11 nitrogen and oxygen atoms in total. The Bertz CT molecular complexity index is 1030. The van der Waals surface area contributed by atoms with Crippen molar-refractivity contribution >= 4 is 27.9 Å². The smallest absolute Gasteiger partial charge is 0.328 e. The Balaban J connectivity index is 1.77. The fraction of sp³-hybridized carbons (Fsp3) is 0.625. The highest BCUT2D eigenvalue weighted by atomic mass is 32.2. The number of carbonyl (C=O) groups excluding carboxylic acids is 3. The second-order valence-corrected chi connectivity index (χ2v) is 11.2. The Labute approximate surface area is 212 Å². The van der Waals surface area contributed by atoms with E-state index in [0.717, 1.165) is 43.9 Å². The van der Waals surface area contributed by atoms with Crippen LogP contribution in [0.15, 0.2) is 24.3 Å². The number of nitrogens with one attached hydrogen (secondary N) is 2. The number of hydrogen-bond donors (Lipinski definition) is 2. The van der Waals surface area contributed by atoms with Crippen LogP contribution in [0.2, 0.25) is 0 Å². The Hall–Kier alpha value is -2.86. The maximum atomic E-state index is 13.4. The van der Waals surface area contributed by atoms with E-state index in [-0.39, 0.29) is 32.1 Å². The third-order valence-electron chi connectivity index (χ3n) is 6.71. The average Bonchev–Trinajstić information content (AvgIpc) is 2.87. The number of piperazine rings is 1. The molecule has 3 amide bonds. The monoisotopic (exact) mass is 524 g/mol.